The third-order valence-electron chi connectivity index (χ3n) is 4.69. The maximum absolute atomic E-state index is 11.7. The van der Waals surface area contributed by atoms with Gasteiger partial charge in [-0.25, -0.2) is 23.1 Å². The van der Waals surface area contributed by atoms with E-state index in [1.165, 1.54) is 24.9 Å². The van der Waals surface area contributed by atoms with Crippen LogP contribution in [0, 0.1) is 0 Å². The molecule has 0 spiro atoms. The normalized spacial score (nSPS) is 11.6. The quantitative estimate of drug-likeness (QED) is 0.492. The Kier molecular flexibility index (Phi) is 5.28. The Balaban J connectivity index is 1.38. The summed E-state index contributed by atoms with van der Waals surface area (Å²) in [6.45, 7) is 1.36. The molecule has 0 aliphatic rings. The lowest BCUT2D eigenvalue weighted by molar-refractivity contribution is 0.588. The van der Waals surface area contributed by atoms with Gasteiger partial charge >= 0.3 is 0 Å². The Hall–Kier alpha value is -3.23. The van der Waals surface area contributed by atoms with Crippen molar-refractivity contribution in [1.82, 2.24) is 19.3 Å². The second kappa shape index (κ2) is 8.02. The maximum Gasteiger partial charge on any atom is 0.241 e. The molecule has 29 heavy (non-hydrogen) atoms. The van der Waals surface area contributed by atoms with Gasteiger partial charge in [-0.2, -0.15) is 0 Å². The number of hydrogen-bond acceptors (Lipinski definition) is 5. The fourth-order valence-electron chi connectivity index (χ4n) is 3.05. The average Bonchev–Trinajstić information content (AvgIpc) is 3.16. The van der Waals surface area contributed by atoms with Crippen LogP contribution in [0.25, 0.3) is 11.0 Å². The van der Waals surface area contributed by atoms with Crippen molar-refractivity contribution >= 4 is 26.9 Å². The van der Waals surface area contributed by atoms with Crippen LogP contribution in [0.3, 0.4) is 0 Å². The molecule has 2 aromatic carbocycles. The topological polar surface area (TPSA) is 88.9 Å². The van der Waals surface area contributed by atoms with Crippen LogP contribution in [0.4, 0.5) is 5.82 Å². The maximum atomic E-state index is 11.7. The molecule has 0 aliphatic carbocycles. The minimum Gasteiger partial charge on any atom is -0.366 e. The molecule has 2 heterocycles. The van der Waals surface area contributed by atoms with E-state index in [2.05, 4.69) is 54.9 Å². The van der Waals surface area contributed by atoms with Crippen LogP contribution in [0.1, 0.15) is 11.1 Å². The van der Waals surface area contributed by atoms with Gasteiger partial charge in [-0.1, -0.05) is 36.4 Å². The summed E-state index contributed by atoms with van der Waals surface area (Å²) < 4.78 is 27.9. The molecule has 8 heteroatoms. The van der Waals surface area contributed by atoms with Crippen LogP contribution >= 0.6 is 0 Å². The molecule has 0 bridgehead atoms. The van der Waals surface area contributed by atoms with Crippen LogP contribution in [0.5, 0.6) is 0 Å². The van der Waals surface area contributed by atoms with E-state index in [1.807, 2.05) is 24.5 Å². The first-order chi connectivity index (χ1) is 14.0. The third-order valence-corrected chi connectivity index (χ3v) is 6.09. The number of para-hydroxylation sites is 2. The molecular formula is C21H21N5O2S. The summed E-state index contributed by atoms with van der Waals surface area (Å²) in [5.74, 6) is 0.619. The van der Waals surface area contributed by atoms with Crippen LogP contribution in [-0.4, -0.2) is 30.0 Å². The van der Waals surface area contributed by atoms with Gasteiger partial charge < -0.3 is 9.88 Å². The Morgan fingerprint density at radius 2 is 1.69 bits per heavy atom. The molecule has 7 nitrogen and oxygen atoms in total. The predicted molar refractivity (Wildman–Crippen MR) is 113 cm³/mol. The zero-order chi connectivity index (χ0) is 20.3. The average molecular weight is 407 g/mol. The Labute approximate surface area is 169 Å². The smallest absolute Gasteiger partial charge is 0.241 e. The lowest BCUT2D eigenvalue weighted by Crippen LogP contribution is -2.18. The van der Waals surface area contributed by atoms with Crippen molar-refractivity contribution in [2.75, 3.05) is 12.4 Å². The summed E-state index contributed by atoms with van der Waals surface area (Å²) in [6.07, 6.45) is 3.20. The van der Waals surface area contributed by atoms with Crippen molar-refractivity contribution in [2.45, 2.75) is 18.0 Å². The lowest BCUT2D eigenvalue weighted by atomic mass is 10.1. The van der Waals surface area contributed by atoms with Crippen molar-refractivity contribution in [3.05, 3.63) is 84.3 Å². The van der Waals surface area contributed by atoms with E-state index in [0.717, 1.165) is 23.1 Å². The zero-order valence-corrected chi connectivity index (χ0v) is 16.7. The number of hydrogen-bond donors (Lipinski definition) is 2. The lowest BCUT2D eigenvalue weighted by Gasteiger charge is -2.09. The fraction of sp³-hybridized carbons (Fsp3) is 0.143. The van der Waals surface area contributed by atoms with Crippen molar-refractivity contribution in [3.8, 4) is 0 Å². The SMILES string of the molecule is CNS(=O)(=O)c1ccc(NCc2ccc(Cn3cnc4ccccc43)cc2)nc1. The Morgan fingerprint density at radius 3 is 2.41 bits per heavy atom. The highest BCUT2D eigenvalue weighted by molar-refractivity contribution is 7.89. The van der Waals surface area contributed by atoms with Gasteiger partial charge in [0.2, 0.25) is 10.0 Å². The highest BCUT2D eigenvalue weighted by atomic mass is 32.2. The summed E-state index contributed by atoms with van der Waals surface area (Å²) in [7, 11) is -2.09. The van der Waals surface area contributed by atoms with Gasteiger partial charge in [0, 0.05) is 19.3 Å². The predicted octanol–water partition coefficient (Wildman–Crippen LogP) is 3.00. The van der Waals surface area contributed by atoms with Crippen LogP contribution < -0.4 is 10.0 Å². The van der Waals surface area contributed by atoms with Gasteiger partial charge in [0.15, 0.2) is 0 Å². The number of imidazole rings is 1. The van der Waals surface area contributed by atoms with Crippen LogP contribution in [0.15, 0.2) is 78.1 Å². The first-order valence-electron chi connectivity index (χ1n) is 9.16. The van der Waals surface area contributed by atoms with Crippen LogP contribution in [-0.2, 0) is 23.1 Å². The second-order valence-electron chi connectivity index (χ2n) is 6.62. The molecule has 2 aromatic heterocycles. The second-order valence-corrected chi connectivity index (χ2v) is 8.50. The Morgan fingerprint density at radius 1 is 0.931 bits per heavy atom. The molecule has 0 amide bonds. The molecule has 4 aromatic rings. The molecule has 0 atom stereocenters. The number of nitrogens with zero attached hydrogens (tertiary/aromatic N) is 3. The number of benzene rings is 2. The number of anilines is 1. The number of nitrogens with one attached hydrogen (secondary N) is 2. The van der Waals surface area contributed by atoms with E-state index in [4.69, 9.17) is 0 Å². The molecule has 4 rings (SSSR count). The van der Waals surface area contributed by atoms with E-state index in [-0.39, 0.29) is 4.90 Å². The van der Waals surface area contributed by atoms with Gasteiger partial charge in [-0.05, 0) is 42.4 Å². The number of rotatable bonds is 7. The molecule has 2 N–H and O–H groups in total. The summed E-state index contributed by atoms with van der Waals surface area (Å²) >= 11 is 0. The van der Waals surface area contributed by atoms with Crippen molar-refractivity contribution < 1.29 is 8.42 Å². The summed E-state index contributed by atoms with van der Waals surface area (Å²) in [5.41, 5.74) is 4.41. The fourth-order valence-corrected chi connectivity index (χ4v) is 3.72. The summed E-state index contributed by atoms with van der Waals surface area (Å²) in [6, 6.07) is 19.6. The monoisotopic (exact) mass is 407 g/mol. The van der Waals surface area contributed by atoms with Crippen molar-refractivity contribution in [3.63, 3.8) is 0 Å². The minimum atomic E-state index is -3.47. The van der Waals surface area contributed by atoms with Crippen molar-refractivity contribution in [1.29, 1.82) is 0 Å². The van der Waals surface area contributed by atoms with E-state index >= 15 is 0 Å². The number of aromatic nitrogens is 3. The van der Waals surface area contributed by atoms with E-state index in [1.54, 1.807) is 6.07 Å². The molecule has 0 saturated heterocycles. The molecule has 0 aliphatic heterocycles. The zero-order valence-electron chi connectivity index (χ0n) is 15.9. The van der Waals surface area contributed by atoms with Gasteiger partial charge in [0.1, 0.15) is 10.7 Å². The van der Waals surface area contributed by atoms with Gasteiger partial charge in [0.25, 0.3) is 0 Å². The third kappa shape index (κ3) is 4.28. The number of sulfonamides is 1. The highest BCUT2D eigenvalue weighted by Crippen LogP contribution is 2.15. The molecule has 0 fully saturated rings. The molecule has 0 unspecified atom stereocenters. The number of fused-ring (bicyclic) bond motifs is 1. The molecular weight excluding hydrogens is 386 g/mol. The standard InChI is InChI=1S/C21H21N5O2S/c1-22-29(27,28)18-10-11-21(24-13-18)23-12-16-6-8-17(9-7-16)14-26-15-25-19-4-2-3-5-20(19)26/h2-11,13,15,22H,12,14H2,1H3,(H,23,24). The van der Waals surface area contributed by atoms with E-state index in [0.29, 0.717) is 12.4 Å². The van der Waals surface area contributed by atoms with Gasteiger partial charge in [-0.3, -0.25) is 0 Å². The summed E-state index contributed by atoms with van der Waals surface area (Å²) in [5, 5.41) is 3.21. The van der Waals surface area contributed by atoms with Crippen molar-refractivity contribution in [2.24, 2.45) is 0 Å². The van der Waals surface area contributed by atoms with Gasteiger partial charge in [-0.15, -0.1) is 0 Å². The van der Waals surface area contributed by atoms with E-state index in [9.17, 15) is 8.42 Å². The molecule has 0 radical (unpaired) electrons. The summed E-state index contributed by atoms with van der Waals surface area (Å²) in [4.78, 5) is 8.73. The minimum absolute atomic E-state index is 0.141. The van der Waals surface area contributed by atoms with Gasteiger partial charge in [0.05, 0.1) is 17.4 Å². The number of pyridine rings is 1. The molecule has 148 valence electrons. The largest absolute Gasteiger partial charge is 0.366 e. The Bertz CT molecular complexity index is 1220. The van der Waals surface area contributed by atoms with Crippen LogP contribution in [0.2, 0.25) is 0 Å². The first-order valence-corrected chi connectivity index (χ1v) is 10.6. The van der Waals surface area contributed by atoms with E-state index < -0.39 is 10.0 Å². The molecule has 0 saturated carbocycles. The first kappa shape index (κ1) is 19.1. The highest BCUT2D eigenvalue weighted by Gasteiger charge is 2.11.